The maximum absolute atomic E-state index is 11.0. The zero-order chi connectivity index (χ0) is 110. The fourth-order valence-electron chi connectivity index (χ4n) is 28.7. The zero-order valence-electron chi connectivity index (χ0n) is 103. The summed E-state index contributed by atoms with van der Waals surface area (Å²) in [4.78, 5) is 11.0. The van der Waals surface area contributed by atoms with Gasteiger partial charge in [0.25, 0.3) is 0 Å². The predicted octanol–water partition coefficient (Wildman–Crippen LogP) is 28.3. The van der Waals surface area contributed by atoms with Gasteiger partial charge in [-0.2, -0.15) is 0 Å². The highest BCUT2D eigenvalue weighted by molar-refractivity contribution is 5.78. The van der Waals surface area contributed by atoms with Gasteiger partial charge in [-0.25, -0.2) is 0 Å². The van der Waals surface area contributed by atoms with Crippen LogP contribution in [0.5, 0.6) is 0 Å². The number of hydrogen-bond acceptors (Lipinski definition) is 21. The average Bonchev–Trinajstić information content (AvgIpc) is 1.57. The van der Waals surface area contributed by atoms with Crippen LogP contribution in [0.2, 0.25) is 0 Å². The van der Waals surface area contributed by atoms with Crippen LogP contribution in [-0.2, 0) is 94.8 Å². The fourth-order valence-corrected chi connectivity index (χ4v) is 28.7. The predicted molar refractivity (Wildman–Crippen MR) is 602 cm³/mol. The third-order valence-corrected chi connectivity index (χ3v) is 42.0. The van der Waals surface area contributed by atoms with E-state index < -0.39 is 5.60 Å². The van der Waals surface area contributed by atoms with Crippen molar-refractivity contribution in [2.45, 2.75) is 606 Å². The molecule has 0 spiro atoms. The van der Waals surface area contributed by atoms with Gasteiger partial charge in [-0.3, -0.25) is 4.79 Å². The SMILES string of the molecule is CC(=O)C1CCC2(C)OC2C1.CC(C)(C)COCC1CCC2(C)OC2C1.CC(C)(O)C1CCC2(C)OC2C1.CC(C)C1CCC2(C)OC2C1.CC(C)COCC1CCC2(C)OC2C1.CCCCOCC(C)C1CCC2(C)OC2C1.CCCOCC(C)C1CCC2(C)OC2C1.CCOC(C)(C)C1CC2OC2(C)CC1C.CCOCC(C)C1CCC2(C)OC2C1.COC(C)(C)C1CC2OC2(C)CC1C.COCC(C)C1CCC2(C)OC2C1. The van der Waals surface area contributed by atoms with Gasteiger partial charge in [0.15, 0.2) is 0 Å². The second-order valence-corrected chi connectivity index (χ2v) is 58.9. The van der Waals surface area contributed by atoms with Crippen LogP contribution < -0.4 is 0 Å². The third-order valence-electron chi connectivity index (χ3n) is 42.0. The molecule has 0 aromatic rings. The van der Waals surface area contributed by atoms with Crippen LogP contribution in [0.25, 0.3) is 0 Å². The number of hydrogen-bond donors (Lipinski definition) is 1. The number of ether oxygens (including phenoxy) is 19. The van der Waals surface area contributed by atoms with E-state index in [1.165, 1.54) is 173 Å². The Bertz CT molecular complexity index is 4050. The minimum Gasteiger partial charge on any atom is -0.390 e. The van der Waals surface area contributed by atoms with Gasteiger partial charge in [-0.15, -0.1) is 0 Å². The summed E-state index contributed by atoms with van der Waals surface area (Å²) in [5, 5.41) is 9.81. The van der Waals surface area contributed by atoms with Crippen molar-refractivity contribution in [3.63, 3.8) is 0 Å². The molecule has 22 fully saturated rings. The number of ketones is 1. The fraction of sp³-hybridized carbons (Fsp3) is 0.992. The highest BCUT2D eigenvalue weighted by atomic mass is 16.6. The van der Waals surface area contributed by atoms with E-state index in [1.54, 1.807) is 14.0 Å². The summed E-state index contributed by atoms with van der Waals surface area (Å²) in [7, 11) is 3.60. The third kappa shape index (κ3) is 36.2. The molecule has 0 bridgehead atoms. The summed E-state index contributed by atoms with van der Waals surface area (Å²) in [6.45, 7) is 87.9. The van der Waals surface area contributed by atoms with Gasteiger partial charge in [0.05, 0.1) is 152 Å². The van der Waals surface area contributed by atoms with E-state index >= 15 is 0 Å². The van der Waals surface area contributed by atoms with Crippen molar-refractivity contribution >= 4 is 5.78 Å². The zero-order valence-corrected chi connectivity index (χ0v) is 103. The Hall–Kier alpha value is -1.13. The molecule has 11 heterocycles. The molecule has 0 aromatic carbocycles. The smallest absolute Gasteiger partial charge is 0.133 e. The number of epoxide rings is 11. The minimum atomic E-state index is -0.521. The van der Waals surface area contributed by atoms with E-state index in [9.17, 15) is 9.90 Å². The van der Waals surface area contributed by atoms with Crippen molar-refractivity contribution in [3.8, 4) is 0 Å². The Balaban J connectivity index is 0.000000146. The molecule has 22 aliphatic rings. The number of carbonyl (C=O) groups is 1. The number of Topliss-reactive ketones (excluding diaryl/α,β-unsaturated/α-hetero) is 1. The van der Waals surface area contributed by atoms with Gasteiger partial charge < -0.3 is 95.1 Å². The van der Waals surface area contributed by atoms with E-state index in [4.69, 9.17) is 90.0 Å². The molecular weight excluding hydrogens is 1890 g/mol. The van der Waals surface area contributed by atoms with Crippen LogP contribution in [-0.4, -0.2) is 250 Å². The maximum atomic E-state index is 11.0. The molecule has 11 saturated heterocycles. The molecule has 11 aliphatic heterocycles. The van der Waals surface area contributed by atoms with Crippen LogP contribution in [0.4, 0.5) is 0 Å². The molecule has 21 nitrogen and oxygen atoms in total. The maximum Gasteiger partial charge on any atom is 0.133 e. The van der Waals surface area contributed by atoms with Gasteiger partial charge in [-0.05, 0) is 462 Å². The quantitative estimate of drug-likeness (QED) is 0.0474. The van der Waals surface area contributed by atoms with Gasteiger partial charge in [-0.1, -0.05) is 110 Å². The standard InChI is InChI=1S/C14H26O2.3C13H24O2.3C12H22O2.C11H20O2.C10H18O2.C10H18O.C9H14O2/c1-4-5-8-15-10-11(2)12-6-7-14(3)13(9-12)16-14;1-12(2,3)9-14-8-10-5-6-13(4)11(7-10)15-13;1-6-14-12(3,4)10-7-11-13(5,15-11)8-9(10)2;1-4-7-14-9-10(2)11-5-6-13(3)12(8-11)15-13;1-8-7-12(4)10(14-12)6-9(8)11(2,3)13-5;1-9(2)7-13-8-10-4-5-12(3)11(6-10)14-12;1-4-13-8-9(2)10-5-6-12(3)11(7-10)14-12;1-8(7-12-3)9-4-5-11(2)10(6-9)13-11;1-9(2,11)7-4-5-10(3)8(6-7)12-10;1-7(2)8-4-5-10(3)9(6-8)11-10;1-6(10)7-3-4-9(2)8(5-7)11-9/h11-13H,4-10H2,1-3H3;10-11H,5-9H2,1-4H3;9-11H,6-8H2,1-5H3;10-12H,4-9H2,1-3H3;8-10H,6-7H2,1-5H3;2*9-11H,4-8H2,1-3H3;8-10H,4-7H2,1-3H3;7-8,11H,4-6H2,1-3H3;7-9H,4-6H2,1-3H3;7-8H,3-5H2,1-2H3. The van der Waals surface area contributed by atoms with Crippen molar-refractivity contribution in [3.05, 3.63) is 0 Å². The molecule has 21 heteroatoms. The van der Waals surface area contributed by atoms with Gasteiger partial charge in [0, 0.05) is 92.8 Å². The highest BCUT2D eigenvalue weighted by Gasteiger charge is 2.66. The number of aliphatic hydroxyl groups is 1. The largest absolute Gasteiger partial charge is 0.390 e. The monoisotopic (exact) mass is 2120 g/mol. The normalized spacial score (nSPS) is 43.9. The lowest BCUT2D eigenvalue weighted by Gasteiger charge is -2.40. The lowest BCUT2D eigenvalue weighted by atomic mass is 9.69. The molecule has 150 heavy (non-hydrogen) atoms. The van der Waals surface area contributed by atoms with Crippen LogP contribution in [0.15, 0.2) is 0 Å². The number of rotatable bonds is 33. The van der Waals surface area contributed by atoms with Crippen LogP contribution in [0.1, 0.15) is 461 Å². The van der Waals surface area contributed by atoms with Crippen LogP contribution >= 0.6 is 0 Å². The number of fused-ring (bicyclic) bond motifs is 11. The van der Waals surface area contributed by atoms with E-state index in [1.807, 2.05) is 21.0 Å². The highest BCUT2D eigenvalue weighted by Crippen LogP contribution is 2.61. The second-order valence-electron chi connectivity index (χ2n) is 58.9. The molecule has 22 rings (SSSR count). The molecule has 39 unspecified atom stereocenters. The van der Waals surface area contributed by atoms with Crippen molar-refractivity contribution in [1.29, 1.82) is 0 Å². The van der Waals surface area contributed by atoms with E-state index in [0.717, 1.165) is 172 Å². The Morgan fingerprint density at radius 2 is 0.673 bits per heavy atom. The lowest BCUT2D eigenvalue weighted by Crippen LogP contribution is -2.43. The summed E-state index contributed by atoms with van der Waals surface area (Å²) in [5.41, 5.74) is 2.40. The Morgan fingerprint density at radius 1 is 0.347 bits per heavy atom. The van der Waals surface area contributed by atoms with Gasteiger partial charge in [0.1, 0.15) is 5.78 Å². The van der Waals surface area contributed by atoms with Crippen molar-refractivity contribution in [1.82, 2.24) is 0 Å². The molecule has 876 valence electrons. The summed E-state index contributed by atoms with van der Waals surface area (Å²) >= 11 is 0. The number of methoxy groups -OCH3 is 2. The van der Waals surface area contributed by atoms with Gasteiger partial charge in [0.2, 0.25) is 0 Å². The van der Waals surface area contributed by atoms with Crippen molar-refractivity contribution in [2.24, 2.45) is 118 Å². The molecule has 11 saturated carbocycles. The number of unbranched alkanes of at least 4 members (excludes halogenated alkanes) is 1. The minimum absolute atomic E-state index is 0.00144. The van der Waals surface area contributed by atoms with Crippen LogP contribution in [0.3, 0.4) is 0 Å². The molecule has 1 N–H and O–H groups in total. The van der Waals surface area contributed by atoms with Gasteiger partial charge >= 0.3 is 0 Å². The molecule has 0 aromatic heterocycles. The molecule has 0 radical (unpaired) electrons. The Kier molecular flexibility index (Phi) is 44.4. The molecule has 0 amide bonds. The first-order valence-electron chi connectivity index (χ1n) is 62.3. The molecule has 11 aliphatic carbocycles. The Morgan fingerprint density at radius 3 is 1.00 bits per heavy atom. The summed E-state index contributed by atoms with van der Waals surface area (Å²) in [6, 6.07) is 0. The molecular formula is C129H234O21. The first-order valence-corrected chi connectivity index (χ1v) is 62.3. The molecule has 39 atom stereocenters. The summed E-state index contributed by atoms with van der Waals surface area (Å²) in [5.74, 6) is 13.7. The first kappa shape index (κ1) is 127. The second kappa shape index (κ2) is 52.3. The Labute approximate surface area is 917 Å². The lowest BCUT2D eigenvalue weighted by molar-refractivity contribution is -0.121. The van der Waals surface area contributed by atoms with Crippen molar-refractivity contribution < 1.29 is 99.9 Å². The topological polar surface area (TPSA) is 249 Å². The van der Waals surface area contributed by atoms with Crippen molar-refractivity contribution in [2.75, 3.05) is 93.5 Å². The summed E-state index contributed by atoms with van der Waals surface area (Å²) < 4.78 is 107. The first-order chi connectivity index (χ1) is 70.0. The number of carbonyl (C=O) groups excluding carboxylic acids is 1. The van der Waals surface area contributed by atoms with E-state index in [2.05, 4.69) is 222 Å². The van der Waals surface area contributed by atoms with E-state index in [-0.39, 0.29) is 73.1 Å². The summed E-state index contributed by atoms with van der Waals surface area (Å²) in [6.07, 6.45) is 47.1. The van der Waals surface area contributed by atoms with Crippen LogP contribution in [0, 0.1) is 118 Å². The van der Waals surface area contributed by atoms with E-state index in [0.29, 0.717) is 143 Å². The average molecular weight is 2120 g/mol.